The summed E-state index contributed by atoms with van der Waals surface area (Å²) in [6.07, 6.45) is 3.13. The second-order valence-corrected chi connectivity index (χ2v) is 6.74. The predicted molar refractivity (Wildman–Crippen MR) is 69.3 cm³/mol. The van der Waals surface area contributed by atoms with Crippen LogP contribution in [-0.4, -0.2) is 39.9 Å². The van der Waals surface area contributed by atoms with Crippen LogP contribution in [0.5, 0.6) is 0 Å². The first kappa shape index (κ1) is 13.7. The highest BCUT2D eigenvalue weighted by Crippen LogP contribution is 2.38. The van der Waals surface area contributed by atoms with E-state index in [1.807, 2.05) is 25.7 Å². The Morgan fingerprint density at radius 1 is 1.28 bits per heavy atom. The van der Waals surface area contributed by atoms with Crippen LogP contribution >= 0.6 is 0 Å². The van der Waals surface area contributed by atoms with Crippen LogP contribution in [0.1, 0.15) is 53.4 Å². The monoisotopic (exact) mass is 255 g/mol. The number of aliphatic hydroxyl groups excluding tert-OH is 1. The van der Waals surface area contributed by atoms with Crippen molar-refractivity contribution < 1.29 is 14.6 Å². The lowest BCUT2D eigenvalue weighted by molar-refractivity contribution is -0.0100. The van der Waals surface area contributed by atoms with Crippen molar-refractivity contribution in [2.24, 2.45) is 5.92 Å². The largest absolute Gasteiger partial charge is 0.444 e. The number of amides is 1. The van der Waals surface area contributed by atoms with Crippen molar-refractivity contribution in [1.82, 2.24) is 4.90 Å². The van der Waals surface area contributed by atoms with Crippen molar-refractivity contribution in [3.05, 3.63) is 0 Å². The molecule has 1 N–H and O–H groups in total. The summed E-state index contributed by atoms with van der Waals surface area (Å²) < 4.78 is 5.50. The van der Waals surface area contributed by atoms with Crippen molar-refractivity contribution in [2.45, 2.75) is 77.2 Å². The van der Waals surface area contributed by atoms with Gasteiger partial charge in [0.2, 0.25) is 0 Å². The number of aliphatic hydroxyl groups is 1. The van der Waals surface area contributed by atoms with Crippen LogP contribution in [0.2, 0.25) is 0 Å². The number of carbonyl (C=O) groups is 1. The summed E-state index contributed by atoms with van der Waals surface area (Å²) in [5.74, 6) is 0.409. The quantitative estimate of drug-likeness (QED) is 0.723. The van der Waals surface area contributed by atoms with Gasteiger partial charge in [-0.1, -0.05) is 0 Å². The third kappa shape index (κ3) is 2.79. The SMILES string of the molecule is C[C@@H]1[C@H]2CCC(C[C@@H](O)C2)N1C(=O)OC(C)(C)C. The first-order chi connectivity index (χ1) is 8.28. The average molecular weight is 255 g/mol. The molecule has 1 amide bonds. The average Bonchev–Trinajstić information content (AvgIpc) is 2.42. The maximum atomic E-state index is 12.3. The molecule has 3 aliphatic rings. The van der Waals surface area contributed by atoms with Gasteiger partial charge in [-0.15, -0.1) is 0 Å². The third-order valence-electron chi connectivity index (χ3n) is 4.11. The third-order valence-corrected chi connectivity index (χ3v) is 4.11. The molecule has 2 aliphatic heterocycles. The highest BCUT2D eigenvalue weighted by Gasteiger charge is 2.43. The van der Waals surface area contributed by atoms with Gasteiger partial charge >= 0.3 is 6.09 Å². The van der Waals surface area contributed by atoms with E-state index in [2.05, 4.69) is 6.92 Å². The Morgan fingerprint density at radius 3 is 2.56 bits per heavy atom. The molecule has 4 heteroatoms. The Morgan fingerprint density at radius 2 is 1.94 bits per heavy atom. The standard InChI is InChI=1S/C14H25NO3/c1-9-10-5-6-11(8-12(16)7-10)15(9)13(17)18-14(2,3)4/h9-12,16H,5-8H2,1-4H3/t9-,10+,11?,12+/m1/s1. The maximum Gasteiger partial charge on any atom is 0.410 e. The first-order valence-corrected chi connectivity index (χ1v) is 6.97. The van der Waals surface area contributed by atoms with Crippen LogP contribution < -0.4 is 0 Å². The maximum absolute atomic E-state index is 12.3. The summed E-state index contributed by atoms with van der Waals surface area (Å²) in [6, 6.07) is 0.319. The van der Waals surface area contributed by atoms with Crippen LogP contribution in [0.4, 0.5) is 4.79 Å². The van der Waals surface area contributed by atoms with Gasteiger partial charge in [0, 0.05) is 12.1 Å². The minimum Gasteiger partial charge on any atom is -0.444 e. The molecule has 2 saturated heterocycles. The van der Waals surface area contributed by atoms with Crippen LogP contribution in [-0.2, 0) is 4.74 Å². The van der Waals surface area contributed by atoms with Crippen LogP contribution in [0.3, 0.4) is 0 Å². The van der Waals surface area contributed by atoms with E-state index in [4.69, 9.17) is 4.74 Å². The Labute approximate surface area is 109 Å². The van der Waals surface area contributed by atoms with Crippen molar-refractivity contribution in [1.29, 1.82) is 0 Å². The minimum absolute atomic E-state index is 0.142. The fourth-order valence-electron chi connectivity index (χ4n) is 3.28. The summed E-state index contributed by atoms with van der Waals surface area (Å²) in [4.78, 5) is 14.2. The van der Waals surface area contributed by atoms with Crippen molar-refractivity contribution in [3.8, 4) is 0 Å². The second kappa shape index (κ2) is 4.72. The van der Waals surface area contributed by atoms with E-state index in [0.717, 1.165) is 19.3 Å². The Hall–Kier alpha value is -0.770. The predicted octanol–water partition coefficient (Wildman–Crippen LogP) is 2.55. The van der Waals surface area contributed by atoms with Crippen molar-refractivity contribution in [2.75, 3.05) is 0 Å². The fourth-order valence-corrected chi connectivity index (χ4v) is 3.28. The van der Waals surface area contributed by atoms with Gasteiger partial charge in [-0.3, -0.25) is 0 Å². The fraction of sp³-hybridized carbons (Fsp3) is 0.929. The molecule has 18 heavy (non-hydrogen) atoms. The zero-order chi connectivity index (χ0) is 13.5. The van der Waals surface area contributed by atoms with Gasteiger partial charge in [0.05, 0.1) is 6.10 Å². The van der Waals surface area contributed by atoms with Gasteiger partial charge in [0.15, 0.2) is 0 Å². The number of nitrogens with zero attached hydrogens (tertiary/aromatic N) is 1. The van der Waals surface area contributed by atoms with Gasteiger partial charge in [-0.05, 0) is 59.3 Å². The molecule has 4 atom stereocenters. The van der Waals surface area contributed by atoms with Gasteiger partial charge in [-0.25, -0.2) is 4.79 Å². The van der Waals surface area contributed by atoms with E-state index in [0.29, 0.717) is 12.3 Å². The molecule has 3 rings (SSSR count). The molecule has 1 aliphatic carbocycles. The van der Waals surface area contributed by atoms with E-state index >= 15 is 0 Å². The van der Waals surface area contributed by atoms with E-state index in [9.17, 15) is 9.90 Å². The zero-order valence-corrected chi connectivity index (χ0v) is 11.8. The lowest BCUT2D eigenvalue weighted by atomic mass is 9.88. The molecule has 0 aromatic heterocycles. The zero-order valence-electron chi connectivity index (χ0n) is 11.8. The van der Waals surface area contributed by atoms with E-state index in [1.165, 1.54) is 0 Å². The van der Waals surface area contributed by atoms with Crippen LogP contribution in [0, 0.1) is 5.92 Å². The number of ether oxygens (including phenoxy) is 1. The topological polar surface area (TPSA) is 49.8 Å². The van der Waals surface area contributed by atoms with E-state index in [-0.39, 0.29) is 24.3 Å². The van der Waals surface area contributed by atoms with Crippen LogP contribution in [0.15, 0.2) is 0 Å². The molecule has 2 bridgehead atoms. The summed E-state index contributed by atoms with van der Waals surface area (Å²) in [5.41, 5.74) is -0.457. The van der Waals surface area contributed by atoms with Gasteiger partial charge in [0.1, 0.15) is 5.60 Å². The van der Waals surface area contributed by atoms with Gasteiger partial charge < -0.3 is 14.7 Å². The molecule has 0 spiro atoms. The number of carbonyl (C=O) groups excluding carboxylic acids is 1. The summed E-state index contributed by atoms with van der Waals surface area (Å²) >= 11 is 0. The summed E-state index contributed by atoms with van der Waals surface area (Å²) in [7, 11) is 0. The number of hydrogen-bond acceptors (Lipinski definition) is 3. The van der Waals surface area contributed by atoms with Gasteiger partial charge in [0.25, 0.3) is 0 Å². The number of fused-ring (bicyclic) bond motifs is 4. The molecule has 104 valence electrons. The Kier molecular flexibility index (Phi) is 3.58. The molecule has 0 radical (unpaired) electrons. The lowest BCUT2D eigenvalue weighted by Crippen LogP contribution is -2.52. The molecule has 2 heterocycles. The molecular weight excluding hydrogens is 230 g/mol. The molecule has 0 aromatic carbocycles. The molecule has 3 fully saturated rings. The van der Waals surface area contributed by atoms with Crippen LogP contribution in [0.25, 0.3) is 0 Å². The molecule has 1 saturated carbocycles. The first-order valence-electron chi connectivity index (χ1n) is 6.97. The number of rotatable bonds is 0. The lowest BCUT2D eigenvalue weighted by Gasteiger charge is -2.42. The Bertz CT molecular complexity index is 323. The molecular formula is C14H25NO3. The highest BCUT2D eigenvalue weighted by atomic mass is 16.6. The van der Waals surface area contributed by atoms with Gasteiger partial charge in [-0.2, -0.15) is 0 Å². The summed E-state index contributed by atoms with van der Waals surface area (Å²) in [5, 5.41) is 9.94. The van der Waals surface area contributed by atoms with Crippen molar-refractivity contribution in [3.63, 3.8) is 0 Å². The highest BCUT2D eigenvalue weighted by molar-refractivity contribution is 5.69. The van der Waals surface area contributed by atoms with Crippen molar-refractivity contribution >= 4 is 6.09 Å². The Balaban J connectivity index is 2.14. The normalized spacial score (nSPS) is 36.4. The second-order valence-electron chi connectivity index (χ2n) is 6.74. The van der Waals surface area contributed by atoms with E-state index < -0.39 is 5.60 Å². The smallest absolute Gasteiger partial charge is 0.410 e. The molecule has 0 aromatic rings. The molecule has 4 nitrogen and oxygen atoms in total. The summed E-state index contributed by atoms with van der Waals surface area (Å²) in [6.45, 7) is 7.75. The number of hydrogen-bond donors (Lipinski definition) is 1. The minimum atomic E-state index is -0.457. The van der Waals surface area contributed by atoms with E-state index in [1.54, 1.807) is 0 Å². The molecule has 1 unspecified atom stereocenters. The number of piperidine rings is 1.